The normalized spacial score (nSPS) is 13.0. The molecule has 2 heterocycles. The molecule has 110 valence electrons. The summed E-state index contributed by atoms with van der Waals surface area (Å²) >= 11 is 6.24. The molecule has 1 aromatic heterocycles. The van der Waals surface area contributed by atoms with E-state index in [9.17, 15) is 0 Å². The van der Waals surface area contributed by atoms with Crippen LogP contribution >= 0.6 is 11.6 Å². The Bertz CT molecular complexity index is 649. The van der Waals surface area contributed by atoms with Crippen LogP contribution in [0.5, 0.6) is 11.5 Å². The highest BCUT2D eigenvalue weighted by Crippen LogP contribution is 2.40. The van der Waals surface area contributed by atoms with Crippen molar-refractivity contribution in [2.75, 3.05) is 25.1 Å². The lowest BCUT2D eigenvalue weighted by molar-refractivity contribution is 0.172. The number of anilines is 1. The average molecular weight is 306 g/mol. The van der Waals surface area contributed by atoms with E-state index >= 15 is 0 Å². The molecular weight excluding hydrogens is 290 g/mol. The third kappa shape index (κ3) is 3.03. The van der Waals surface area contributed by atoms with Gasteiger partial charge in [0.1, 0.15) is 19.0 Å². The summed E-state index contributed by atoms with van der Waals surface area (Å²) in [6.45, 7) is 4.01. The first-order valence-corrected chi connectivity index (χ1v) is 7.32. The molecule has 0 atom stereocenters. The third-order valence-corrected chi connectivity index (χ3v) is 3.35. The molecule has 1 aliphatic rings. The molecule has 0 bridgehead atoms. The van der Waals surface area contributed by atoms with Gasteiger partial charge in [-0.25, -0.2) is 9.97 Å². The van der Waals surface area contributed by atoms with Crippen molar-refractivity contribution in [2.24, 2.45) is 0 Å². The SMILES string of the molecule is CCCNc1ccnc(-c2cc(Cl)c3c(c2)OCCO3)n1. The Kier molecular flexibility index (Phi) is 4.10. The molecule has 0 spiro atoms. The van der Waals surface area contributed by atoms with Crippen molar-refractivity contribution in [1.82, 2.24) is 9.97 Å². The van der Waals surface area contributed by atoms with Crippen molar-refractivity contribution in [3.8, 4) is 22.9 Å². The predicted molar refractivity (Wildman–Crippen MR) is 82.2 cm³/mol. The van der Waals surface area contributed by atoms with E-state index in [1.807, 2.05) is 12.1 Å². The highest BCUT2D eigenvalue weighted by Gasteiger charge is 2.18. The topological polar surface area (TPSA) is 56.3 Å². The number of hydrogen-bond acceptors (Lipinski definition) is 5. The number of fused-ring (bicyclic) bond motifs is 1. The molecule has 0 fully saturated rings. The zero-order chi connectivity index (χ0) is 14.7. The van der Waals surface area contributed by atoms with E-state index in [0.29, 0.717) is 35.6 Å². The summed E-state index contributed by atoms with van der Waals surface area (Å²) in [7, 11) is 0. The predicted octanol–water partition coefficient (Wildman–Crippen LogP) is 3.39. The Morgan fingerprint density at radius 2 is 2.14 bits per heavy atom. The summed E-state index contributed by atoms with van der Waals surface area (Å²) in [6.07, 6.45) is 2.76. The van der Waals surface area contributed by atoms with Crippen LogP contribution in [0.2, 0.25) is 5.02 Å². The first kappa shape index (κ1) is 13.9. The zero-order valence-corrected chi connectivity index (χ0v) is 12.5. The van der Waals surface area contributed by atoms with E-state index in [0.717, 1.165) is 24.3 Å². The van der Waals surface area contributed by atoms with Crippen molar-refractivity contribution in [1.29, 1.82) is 0 Å². The Morgan fingerprint density at radius 3 is 3.00 bits per heavy atom. The van der Waals surface area contributed by atoms with Gasteiger partial charge in [0.25, 0.3) is 0 Å². The molecule has 0 saturated carbocycles. The van der Waals surface area contributed by atoms with E-state index in [2.05, 4.69) is 22.2 Å². The second-order valence-electron chi connectivity index (χ2n) is 4.67. The van der Waals surface area contributed by atoms with Gasteiger partial charge in [-0.3, -0.25) is 0 Å². The van der Waals surface area contributed by atoms with Crippen LogP contribution in [0.15, 0.2) is 24.4 Å². The van der Waals surface area contributed by atoms with E-state index in [-0.39, 0.29) is 0 Å². The lowest BCUT2D eigenvalue weighted by atomic mass is 10.1. The lowest BCUT2D eigenvalue weighted by Crippen LogP contribution is -2.15. The summed E-state index contributed by atoms with van der Waals surface area (Å²) in [5.41, 5.74) is 0.810. The molecule has 0 saturated heterocycles. The van der Waals surface area contributed by atoms with Gasteiger partial charge in [0.15, 0.2) is 17.3 Å². The Hall–Kier alpha value is -2.01. The number of halogens is 1. The van der Waals surface area contributed by atoms with Crippen LogP contribution in [0.4, 0.5) is 5.82 Å². The fourth-order valence-electron chi connectivity index (χ4n) is 2.09. The average Bonchev–Trinajstić information content (AvgIpc) is 2.53. The van der Waals surface area contributed by atoms with Gasteiger partial charge in [-0.2, -0.15) is 0 Å². The number of aromatic nitrogens is 2. The van der Waals surface area contributed by atoms with E-state index in [1.165, 1.54) is 0 Å². The van der Waals surface area contributed by atoms with Gasteiger partial charge in [0.2, 0.25) is 0 Å². The van der Waals surface area contributed by atoms with Crippen LogP contribution in [0.25, 0.3) is 11.4 Å². The molecule has 6 heteroatoms. The van der Waals surface area contributed by atoms with Crippen LogP contribution in [0.1, 0.15) is 13.3 Å². The zero-order valence-electron chi connectivity index (χ0n) is 11.7. The minimum atomic E-state index is 0.512. The van der Waals surface area contributed by atoms with Crippen molar-refractivity contribution in [2.45, 2.75) is 13.3 Å². The first-order valence-electron chi connectivity index (χ1n) is 6.94. The molecule has 5 nitrogen and oxygen atoms in total. The van der Waals surface area contributed by atoms with Crippen molar-refractivity contribution in [3.05, 3.63) is 29.4 Å². The molecule has 0 unspecified atom stereocenters. The van der Waals surface area contributed by atoms with Crippen molar-refractivity contribution >= 4 is 17.4 Å². The second kappa shape index (κ2) is 6.18. The molecule has 0 radical (unpaired) electrons. The number of nitrogens with zero attached hydrogens (tertiary/aromatic N) is 2. The fourth-order valence-corrected chi connectivity index (χ4v) is 2.35. The molecule has 1 N–H and O–H groups in total. The van der Waals surface area contributed by atoms with E-state index in [1.54, 1.807) is 12.3 Å². The molecule has 3 rings (SSSR count). The van der Waals surface area contributed by atoms with Crippen LogP contribution in [-0.4, -0.2) is 29.7 Å². The number of benzene rings is 1. The van der Waals surface area contributed by atoms with Crippen LogP contribution in [-0.2, 0) is 0 Å². The van der Waals surface area contributed by atoms with Crippen molar-refractivity contribution in [3.63, 3.8) is 0 Å². The van der Waals surface area contributed by atoms with E-state index in [4.69, 9.17) is 21.1 Å². The van der Waals surface area contributed by atoms with Crippen LogP contribution < -0.4 is 14.8 Å². The molecule has 0 aliphatic carbocycles. The molecule has 2 aromatic rings. The highest BCUT2D eigenvalue weighted by molar-refractivity contribution is 6.32. The first-order chi connectivity index (χ1) is 10.3. The Balaban J connectivity index is 1.95. The van der Waals surface area contributed by atoms with Gasteiger partial charge < -0.3 is 14.8 Å². The standard InChI is InChI=1S/C15H16ClN3O2/c1-2-4-17-13-3-5-18-15(19-13)10-8-11(16)14-12(9-10)20-6-7-21-14/h3,5,8-9H,2,4,6-7H2,1H3,(H,17,18,19). The minimum absolute atomic E-state index is 0.512. The summed E-state index contributed by atoms with van der Waals surface area (Å²) in [5.74, 6) is 2.63. The third-order valence-electron chi connectivity index (χ3n) is 3.07. The molecule has 1 aliphatic heterocycles. The van der Waals surface area contributed by atoms with E-state index < -0.39 is 0 Å². The van der Waals surface area contributed by atoms with Gasteiger partial charge in [-0.15, -0.1) is 0 Å². The number of hydrogen-bond donors (Lipinski definition) is 1. The molecule has 21 heavy (non-hydrogen) atoms. The number of rotatable bonds is 4. The van der Waals surface area contributed by atoms with Crippen LogP contribution in [0, 0.1) is 0 Å². The highest BCUT2D eigenvalue weighted by atomic mass is 35.5. The summed E-state index contributed by atoms with van der Waals surface area (Å²) in [4.78, 5) is 8.79. The Labute approximate surface area is 128 Å². The van der Waals surface area contributed by atoms with Gasteiger partial charge in [0.05, 0.1) is 5.02 Å². The molecular formula is C15H16ClN3O2. The van der Waals surface area contributed by atoms with Gasteiger partial charge in [-0.1, -0.05) is 18.5 Å². The number of nitrogens with one attached hydrogen (secondary N) is 1. The summed E-state index contributed by atoms with van der Waals surface area (Å²) in [6, 6.07) is 5.51. The van der Waals surface area contributed by atoms with Crippen LogP contribution in [0.3, 0.4) is 0 Å². The summed E-state index contributed by atoms with van der Waals surface area (Å²) < 4.78 is 11.1. The van der Waals surface area contributed by atoms with Gasteiger partial charge in [0, 0.05) is 18.3 Å². The maximum absolute atomic E-state index is 6.24. The van der Waals surface area contributed by atoms with Gasteiger partial charge in [-0.05, 0) is 24.6 Å². The summed E-state index contributed by atoms with van der Waals surface area (Å²) in [5, 5.41) is 3.75. The molecule has 1 aromatic carbocycles. The van der Waals surface area contributed by atoms with Crippen molar-refractivity contribution < 1.29 is 9.47 Å². The van der Waals surface area contributed by atoms with Gasteiger partial charge >= 0.3 is 0 Å². The Morgan fingerprint density at radius 1 is 1.29 bits per heavy atom. The maximum Gasteiger partial charge on any atom is 0.179 e. The lowest BCUT2D eigenvalue weighted by Gasteiger charge is -2.20. The maximum atomic E-state index is 6.24. The largest absolute Gasteiger partial charge is 0.486 e. The minimum Gasteiger partial charge on any atom is -0.486 e. The fraction of sp³-hybridized carbons (Fsp3) is 0.333. The quantitative estimate of drug-likeness (QED) is 0.938. The smallest absolute Gasteiger partial charge is 0.179 e. The number of ether oxygens (including phenoxy) is 2. The molecule has 0 amide bonds. The monoisotopic (exact) mass is 305 g/mol. The second-order valence-corrected chi connectivity index (χ2v) is 5.08.